The fourth-order valence-corrected chi connectivity index (χ4v) is 1.11. The average molecular weight is 245 g/mol. The van der Waals surface area contributed by atoms with Crippen LogP contribution in [0.1, 0.15) is 52.4 Å². The van der Waals surface area contributed by atoms with E-state index in [9.17, 15) is 9.59 Å². The monoisotopic (exact) mass is 245 g/mol. The maximum Gasteiger partial charge on any atom is 0.305 e. The lowest BCUT2D eigenvalue weighted by atomic mass is 10.1. The number of amides is 1. The van der Waals surface area contributed by atoms with Gasteiger partial charge in [-0.25, -0.2) is 0 Å². The molecule has 4 heteroatoms. The molecule has 0 fully saturated rings. The van der Waals surface area contributed by atoms with E-state index in [1.54, 1.807) is 14.1 Å². The standard InChI is InChI=1S/C10H20O2.C3H7NO/c1-3-5-6-7-8-9-10(11)12-4-2;1-4(2)3-5/h3-9H2,1-2H3;3H,1-2H3. The lowest BCUT2D eigenvalue weighted by Crippen LogP contribution is -2.06. The molecule has 0 saturated heterocycles. The molecule has 0 aromatic heterocycles. The van der Waals surface area contributed by atoms with Crippen molar-refractivity contribution in [3.8, 4) is 0 Å². The van der Waals surface area contributed by atoms with E-state index < -0.39 is 0 Å². The molecular formula is C13H27NO3. The van der Waals surface area contributed by atoms with Crippen molar-refractivity contribution in [3.05, 3.63) is 0 Å². The van der Waals surface area contributed by atoms with Crippen molar-refractivity contribution < 1.29 is 14.3 Å². The van der Waals surface area contributed by atoms with Crippen molar-refractivity contribution in [1.29, 1.82) is 0 Å². The molecule has 0 radical (unpaired) electrons. The van der Waals surface area contributed by atoms with Crippen molar-refractivity contribution in [1.82, 2.24) is 4.90 Å². The zero-order valence-corrected chi connectivity index (χ0v) is 11.7. The Kier molecular flexibility index (Phi) is 16.1. The predicted molar refractivity (Wildman–Crippen MR) is 69.8 cm³/mol. The molecule has 0 aliphatic rings. The summed E-state index contributed by atoms with van der Waals surface area (Å²) in [6.45, 7) is 4.54. The first-order valence-corrected chi connectivity index (χ1v) is 6.35. The second kappa shape index (κ2) is 14.9. The molecule has 0 saturated carbocycles. The molecule has 0 rings (SSSR count). The van der Waals surface area contributed by atoms with Gasteiger partial charge in [0.15, 0.2) is 0 Å². The summed E-state index contributed by atoms with van der Waals surface area (Å²) in [7, 11) is 3.38. The predicted octanol–water partition coefficient (Wildman–Crippen LogP) is 2.61. The zero-order valence-electron chi connectivity index (χ0n) is 11.7. The first-order chi connectivity index (χ1) is 8.08. The van der Waals surface area contributed by atoms with E-state index in [1.165, 1.54) is 24.2 Å². The van der Waals surface area contributed by atoms with E-state index >= 15 is 0 Å². The minimum Gasteiger partial charge on any atom is -0.466 e. The lowest BCUT2D eigenvalue weighted by Gasteiger charge is -2.00. The number of unbranched alkanes of at least 4 members (excludes halogenated alkanes) is 4. The highest BCUT2D eigenvalue weighted by atomic mass is 16.5. The molecule has 102 valence electrons. The fraction of sp³-hybridized carbons (Fsp3) is 0.846. The van der Waals surface area contributed by atoms with Crippen molar-refractivity contribution in [2.24, 2.45) is 0 Å². The summed E-state index contributed by atoms with van der Waals surface area (Å²) in [4.78, 5) is 21.7. The van der Waals surface area contributed by atoms with Crippen LogP contribution in [0.2, 0.25) is 0 Å². The Hall–Kier alpha value is -1.06. The summed E-state index contributed by atoms with van der Waals surface area (Å²) < 4.78 is 4.81. The van der Waals surface area contributed by atoms with Crippen LogP contribution in [0.3, 0.4) is 0 Å². The molecule has 0 aliphatic carbocycles. The molecule has 0 aromatic rings. The number of esters is 1. The molecule has 1 amide bonds. The van der Waals surface area contributed by atoms with Gasteiger partial charge in [-0.05, 0) is 13.3 Å². The van der Waals surface area contributed by atoms with Gasteiger partial charge in [-0.15, -0.1) is 0 Å². The van der Waals surface area contributed by atoms with Gasteiger partial charge in [0.2, 0.25) is 6.41 Å². The Morgan fingerprint density at radius 3 is 2.06 bits per heavy atom. The fourth-order valence-electron chi connectivity index (χ4n) is 1.11. The molecule has 0 spiro atoms. The van der Waals surface area contributed by atoms with Gasteiger partial charge in [-0.3, -0.25) is 9.59 Å². The summed E-state index contributed by atoms with van der Waals surface area (Å²) in [5.41, 5.74) is 0. The van der Waals surface area contributed by atoms with Gasteiger partial charge in [0.1, 0.15) is 0 Å². The highest BCUT2D eigenvalue weighted by Gasteiger charge is 1.99. The number of ether oxygens (including phenoxy) is 1. The lowest BCUT2D eigenvalue weighted by molar-refractivity contribution is -0.143. The van der Waals surface area contributed by atoms with Crippen LogP contribution in [0.4, 0.5) is 0 Å². The third-order valence-corrected chi connectivity index (χ3v) is 2.00. The van der Waals surface area contributed by atoms with E-state index in [1.807, 2.05) is 6.92 Å². The van der Waals surface area contributed by atoms with Crippen LogP contribution in [-0.4, -0.2) is 38.0 Å². The Morgan fingerprint density at radius 1 is 1.12 bits per heavy atom. The number of carbonyl (C=O) groups excluding carboxylic acids is 2. The van der Waals surface area contributed by atoms with Gasteiger partial charge < -0.3 is 9.64 Å². The molecule has 0 bridgehead atoms. The maximum absolute atomic E-state index is 10.9. The van der Waals surface area contributed by atoms with Crippen LogP contribution in [0.25, 0.3) is 0 Å². The van der Waals surface area contributed by atoms with Crippen LogP contribution in [0.5, 0.6) is 0 Å². The minimum absolute atomic E-state index is 0.0472. The summed E-state index contributed by atoms with van der Waals surface area (Å²) in [6, 6.07) is 0. The number of nitrogens with zero attached hydrogens (tertiary/aromatic N) is 1. The Labute approximate surface area is 105 Å². The van der Waals surface area contributed by atoms with Crippen LogP contribution < -0.4 is 0 Å². The smallest absolute Gasteiger partial charge is 0.305 e. The first kappa shape index (κ1) is 18.3. The van der Waals surface area contributed by atoms with Crippen molar-refractivity contribution >= 4 is 12.4 Å². The Morgan fingerprint density at radius 2 is 1.65 bits per heavy atom. The van der Waals surface area contributed by atoms with Crippen LogP contribution in [0.15, 0.2) is 0 Å². The molecule has 17 heavy (non-hydrogen) atoms. The second-order valence-electron chi connectivity index (χ2n) is 4.04. The summed E-state index contributed by atoms with van der Waals surface area (Å²) in [5, 5.41) is 0. The van der Waals surface area contributed by atoms with Crippen molar-refractivity contribution in [3.63, 3.8) is 0 Å². The zero-order chi connectivity index (χ0) is 13.5. The van der Waals surface area contributed by atoms with Crippen molar-refractivity contribution in [2.45, 2.75) is 52.4 Å². The topological polar surface area (TPSA) is 46.6 Å². The minimum atomic E-state index is -0.0472. The van der Waals surface area contributed by atoms with Gasteiger partial charge in [0.25, 0.3) is 0 Å². The average Bonchev–Trinajstić information content (AvgIpc) is 2.30. The van der Waals surface area contributed by atoms with Gasteiger partial charge in [0, 0.05) is 20.5 Å². The molecule has 0 aliphatic heterocycles. The highest BCUT2D eigenvalue weighted by molar-refractivity contribution is 5.69. The van der Waals surface area contributed by atoms with Crippen molar-refractivity contribution in [2.75, 3.05) is 20.7 Å². The number of hydrogen-bond donors (Lipinski definition) is 0. The van der Waals surface area contributed by atoms with Gasteiger partial charge in [-0.2, -0.15) is 0 Å². The third kappa shape index (κ3) is 20.9. The van der Waals surface area contributed by atoms with Crippen LogP contribution in [-0.2, 0) is 14.3 Å². The third-order valence-electron chi connectivity index (χ3n) is 2.00. The molecule has 0 heterocycles. The van der Waals surface area contributed by atoms with Gasteiger partial charge in [-0.1, -0.05) is 32.6 Å². The Bertz CT molecular complexity index is 182. The number of hydrogen-bond acceptors (Lipinski definition) is 3. The maximum atomic E-state index is 10.9. The number of carbonyl (C=O) groups is 2. The van der Waals surface area contributed by atoms with E-state index in [2.05, 4.69) is 6.92 Å². The van der Waals surface area contributed by atoms with Crippen LogP contribution in [0, 0.1) is 0 Å². The molecular weight excluding hydrogens is 218 g/mol. The Balaban J connectivity index is 0. The highest BCUT2D eigenvalue weighted by Crippen LogP contribution is 2.05. The van der Waals surface area contributed by atoms with E-state index in [-0.39, 0.29) is 5.97 Å². The van der Waals surface area contributed by atoms with E-state index in [0.29, 0.717) is 13.0 Å². The SMILES string of the molecule is CCCCCCCC(=O)OCC.CN(C)C=O. The first-order valence-electron chi connectivity index (χ1n) is 6.35. The summed E-state index contributed by atoms with van der Waals surface area (Å²) in [6.07, 6.45) is 7.27. The molecule has 0 atom stereocenters. The van der Waals surface area contributed by atoms with E-state index in [0.717, 1.165) is 19.3 Å². The summed E-state index contributed by atoms with van der Waals surface area (Å²) >= 11 is 0. The summed E-state index contributed by atoms with van der Waals surface area (Å²) in [5.74, 6) is -0.0472. The largest absolute Gasteiger partial charge is 0.466 e. The van der Waals surface area contributed by atoms with E-state index in [4.69, 9.17) is 4.74 Å². The molecule has 0 aromatic carbocycles. The van der Waals surface area contributed by atoms with Gasteiger partial charge >= 0.3 is 5.97 Å². The molecule has 0 unspecified atom stereocenters. The van der Waals surface area contributed by atoms with Crippen LogP contribution >= 0.6 is 0 Å². The molecule has 0 N–H and O–H groups in total. The number of rotatable bonds is 8. The van der Waals surface area contributed by atoms with Gasteiger partial charge in [0.05, 0.1) is 6.61 Å². The molecule has 4 nitrogen and oxygen atoms in total. The normalized spacial score (nSPS) is 8.94. The second-order valence-corrected chi connectivity index (χ2v) is 4.04. The quantitative estimate of drug-likeness (QED) is 0.375.